The molecule has 4 N–H and O–H groups in total. The van der Waals surface area contributed by atoms with E-state index in [2.05, 4.69) is 37.5 Å². The standard InChI is InChI=1S/C56H114N4O4/c1-5-9-13-17-21-29-41-53(39-27-15-11-7-3)55(61)63-51-35-25-19-23-31-45-59(49-37-43-57)47-33-34-48-60(50-38-44-58)46-32-24-20-26-36-52-64-56(62)54(40-28-16-12-8-4)42-30-22-18-14-10-6-2/h53-54H,5-52,57-58H2,1-4H3. The minimum atomic E-state index is 0.0702. The second-order valence-electron chi connectivity index (χ2n) is 19.8. The first-order chi connectivity index (χ1) is 31.5. The van der Waals surface area contributed by atoms with Crippen molar-refractivity contribution in [3.8, 4) is 0 Å². The van der Waals surface area contributed by atoms with E-state index in [1.165, 1.54) is 154 Å². The Bertz CT molecular complexity index is 880. The Morgan fingerprint density at radius 3 is 0.875 bits per heavy atom. The lowest BCUT2D eigenvalue weighted by Crippen LogP contribution is -2.31. The summed E-state index contributed by atoms with van der Waals surface area (Å²) >= 11 is 0. The molecule has 0 aromatic rings. The summed E-state index contributed by atoms with van der Waals surface area (Å²) in [5.74, 6) is 0.345. The van der Waals surface area contributed by atoms with Gasteiger partial charge in [0.15, 0.2) is 0 Å². The first-order valence-corrected chi connectivity index (χ1v) is 28.6. The maximum absolute atomic E-state index is 13.0. The molecule has 0 fully saturated rings. The fourth-order valence-electron chi connectivity index (χ4n) is 9.23. The molecule has 0 aliphatic carbocycles. The number of carbonyl (C=O) groups is 2. The van der Waals surface area contributed by atoms with E-state index in [-0.39, 0.29) is 23.8 Å². The van der Waals surface area contributed by atoms with Gasteiger partial charge in [0.1, 0.15) is 0 Å². The highest BCUT2D eigenvalue weighted by molar-refractivity contribution is 5.72. The minimum Gasteiger partial charge on any atom is -0.465 e. The van der Waals surface area contributed by atoms with Crippen molar-refractivity contribution < 1.29 is 19.1 Å². The molecule has 2 unspecified atom stereocenters. The molecule has 0 aliphatic rings. The van der Waals surface area contributed by atoms with Crippen molar-refractivity contribution in [2.24, 2.45) is 23.3 Å². The zero-order valence-electron chi connectivity index (χ0n) is 43.8. The summed E-state index contributed by atoms with van der Waals surface area (Å²) < 4.78 is 11.7. The van der Waals surface area contributed by atoms with Gasteiger partial charge in [0.05, 0.1) is 25.0 Å². The normalized spacial score (nSPS) is 12.7. The van der Waals surface area contributed by atoms with E-state index in [1.807, 2.05) is 0 Å². The quantitative estimate of drug-likeness (QED) is 0.0459. The highest BCUT2D eigenvalue weighted by atomic mass is 16.5. The van der Waals surface area contributed by atoms with Gasteiger partial charge < -0.3 is 30.7 Å². The number of nitrogens with zero attached hydrogens (tertiary/aromatic N) is 2. The summed E-state index contributed by atoms with van der Waals surface area (Å²) in [6.07, 6.45) is 45.3. The largest absolute Gasteiger partial charge is 0.465 e. The first-order valence-electron chi connectivity index (χ1n) is 28.6. The monoisotopic (exact) mass is 907 g/mol. The van der Waals surface area contributed by atoms with Crippen molar-refractivity contribution >= 4 is 11.9 Å². The van der Waals surface area contributed by atoms with Crippen LogP contribution >= 0.6 is 0 Å². The fraction of sp³-hybridized carbons (Fsp3) is 0.964. The van der Waals surface area contributed by atoms with Gasteiger partial charge in [-0.2, -0.15) is 0 Å². The van der Waals surface area contributed by atoms with Gasteiger partial charge in [-0.25, -0.2) is 0 Å². The average molecular weight is 908 g/mol. The van der Waals surface area contributed by atoms with E-state index in [0.29, 0.717) is 13.2 Å². The van der Waals surface area contributed by atoms with Crippen molar-refractivity contribution in [1.29, 1.82) is 0 Å². The van der Waals surface area contributed by atoms with Crippen LogP contribution in [0.3, 0.4) is 0 Å². The van der Waals surface area contributed by atoms with E-state index in [4.69, 9.17) is 20.9 Å². The minimum absolute atomic E-state index is 0.0702. The van der Waals surface area contributed by atoms with Gasteiger partial charge in [-0.05, 0) is 129 Å². The van der Waals surface area contributed by atoms with Crippen LogP contribution in [0.1, 0.15) is 272 Å². The number of hydrogen-bond donors (Lipinski definition) is 2. The highest BCUT2D eigenvalue weighted by Crippen LogP contribution is 2.22. The third-order valence-electron chi connectivity index (χ3n) is 13.6. The van der Waals surface area contributed by atoms with E-state index >= 15 is 0 Å². The highest BCUT2D eigenvalue weighted by Gasteiger charge is 2.20. The molecule has 0 amide bonds. The van der Waals surface area contributed by atoms with Crippen LogP contribution in [0.4, 0.5) is 0 Å². The number of unbranched alkanes of at least 4 members (excludes halogenated alkanes) is 25. The Kier molecular flexibility index (Phi) is 50.2. The third kappa shape index (κ3) is 42.2. The summed E-state index contributed by atoms with van der Waals surface area (Å²) in [6, 6.07) is 0. The van der Waals surface area contributed by atoms with Gasteiger partial charge in [-0.1, -0.05) is 195 Å². The number of carbonyl (C=O) groups excluding carboxylic acids is 2. The zero-order valence-corrected chi connectivity index (χ0v) is 43.8. The van der Waals surface area contributed by atoms with Crippen molar-refractivity contribution in [3.63, 3.8) is 0 Å². The molecule has 2 atom stereocenters. The maximum Gasteiger partial charge on any atom is 0.308 e. The number of nitrogens with two attached hydrogens (primary N) is 2. The molecule has 0 heterocycles. The number of ether oxygens (including phenoxy) is 2. The summed E-state index contributed by atoms with van der Waals surface area (Å²) in [4.78, 5) is 31.3. The molecule has 0 spiro atoms. The van der Waals surface area contributed by atoms with E-state index in [0.717, 1.165) is 142 Å². The lowest BCUT2D eigenvalue weighted by atomic mass is 9.94. The van der Waals surface area contributed by atoms with Gasteiger partial charge in [0.2, 0.25) is 0 Å². The van der Waals surface area contributed by atoms with Crippen LogP contribution < -0.4 is 11.5 Å². The lowest BCUT2D eigenvalue weighted by Gasteiger charge is -2.24. The molecule has 0 saturated heterocycles. The molecule has 0 saturated carbocycles. The smallest absolute Gasteiger partial charge is 0.308 e. The molecule has 64 heavy (non-hydrogen) atoms. The summed E-state index contributed by atoms with van der Waals surface area (Å²) in [7, 11) is 0. The number of esters is 2. The first kappa shape index (κ1) is 62.8. The van der Waals surface area contributed by atoms with Crippen LogP contribution in [0.15, 0.2) is 0 Å². The van der Waals surface area contributed by atoms with Crippen molar-refractivity contribution in [1.82, 2.24) is 9.80 Å². The van der Waals surface area contributed by atoms with Gasteiger partial charge in [-0.15, -0.1) is 0 Å². The Morgan fingerprint density at radius 2 is 0.562 bits per heavy atom. The second-order valence-corrected chi connectivity index (χ2v) is 19.8. The molecule has 8 heteroatoms. The van der Waals surface area contributed by atoms with Crippen LogP contribution in [0.5, 0.6) is 0 Å². The van der Waals surface area contributed by atoms with Crippen LogP contribution in [-0.2, 0) is 19.1 Å². The van der Waals surface area contributed by atoms with E-state index in [9.17, 15) is 9.59 Å². The Hall–Kier alpha value is -1.22. The molecule has 0 aliphatic heterocycles. The molecule has 0 aromatic heterocycles. The summed E-state index contributed by atoms with van der Waals surface area (Å²) in [5, 5.41) is 0. The van der Waals surface area contributed by atoms with Crippen LogP contribution in [-0.4, -0.2) is 87.3 Å². The number of hydrogen-bond acceptors (Lipinski definition) is 8. The molecular weight excluding hydrogens is 793 g/mol. The van der Waals surface area contributed by atoms with Crippen LogP contribution in [0.25, 0.3) is 0 Å². The van der Waals surface area contributed by atoms with Gasteiger partial charge in [0, 0.05) is 0 Å². The predicted octanol–water partition coefficient (Wildman–Crippen LogP) is 14.7. The molecule has 0 rings (SSSR count). The van der Waals surface area contributed by atoms with Crippen LogP contribution in [0.2, 0.25) is 0 Å². The maximum atomic E-state index is 13.0. The van der Waals surface area contributed by atoms with Crippen molar-refractivity contribution in [3.05, 3.63) is 0 Å². The molecule has 0 radical (unpaired) electrons. The van der Waals surface area contributed by atoms with E-state index in [1.54, 1.807) is 0 Å². The van der Waals surface area contributed by atoms with Gasteiger partial charge >= 0.3 is 11.9 Å². The Labute approximate surface area is 400 Å². The predicted molar refractivity (Wildman–Crippen MR) is 278 cm³/mol. The molecule has 8 nitrogen and oxygen atoms in total. The SMILES string of the molecule is CCCCCCCCC(CCCCCC)C(=O)OCCCCCCCN(CCCN)CCCCN(CCCN)CCCCCCCOC(=O)C(CCCCCC)CCCCCCCC. The Morgan fingerprint density at radius 1 is 0.328 bits per heavy atom. The van der Waals surface area contributed by atoms with Crippen molar-refractivity contribution in [2.45, 2.75) is 272 Å². The molecule has 0 aromatic carbocycles. The zero-order chi connectivity index (χ0) is 46.8. The summed E-state index contributed by atoms with van der Waals surface area (Å²) in [5.41, 5.74) is 11.9. The second kappa shape index (κ2) is 51.2. The third-order valence-corrected chi connectivity index (χ3v) is 13.6. The summed E-state index contributed by atoms with van der Waals surface area (Å²) in [6.45, 7) is 18.5. The topological polar surface area (TPSA) is 111 Å². The van der Waals surface area contributed by atoms with E-state index < -0.39 is 0 Å². The molecule has 0 bridgehead atoms. The molecule has 382 valence electrons. The van der Waals surface area contributed by atoms with Gasteiger partial charge in [-0.3, -0.25) is 9.59 Å². The van der Waals surface area contributed by atoms with Crippen molar-refractivity contribution in [2.75, 3.05) is 65.6 Å². The fourth-order valence-corrected chi connectivity index (χ4v) is 9.23. The van der Waals surface area contributed by atoms with Gasteiger partial charge in [0.25, 0.3) is 0 Å². The molecular formula is C56H114N4O4. The average Bonchev–Trinajstić information content (AvgIpc) is 3.30. The number of rotatable bonds is 53. The Balaban J connectivity index is 4.38. The lowest BCUT2D eigenvalue weighted by molar-refractivity contribution is -0.150. The van der Waals surface area contributed by atoms with Crippen LogP contribution in [0, 0.1) is 11.8 Å².